The first kappa shape index (κ1) is 25.2. The molecule has 0 fully saturated rings. The van der Waals surface area contributed by atoms with Crippen molar-refractivity contribution in [2.45, 2.75) is 26.9 Å². The molecule has 0 amide bonds. The third-order valence-electron chi connectivity index (χ3n) is 4.78. The Hall–Kier alpha value is -2.44. The number of aromatic nitrogens is 2. The van der Waals surface area contributed by atoms with E-state index in [1.54, 1.807) is 11.3 Å². The van der Waals surface area contributed by atoms with Crippen molar-refractivity contribution in [2.75, 3.05) is 7.11 Å². The lowest BCUT2D eigenvalue weighted by Crippen LogP contribution is -2.28. The summed E-state index contributed by atoms with van der Waals surface area (Å²) < 4.78 is 36.5. The summed E-state index contributed by atoms with van der Waals surface area (Å²) in [6.07, 6.45) is 2.05. The molecule has 0 N–H and O–H groups in total. The summed E-state index contributed by atoms with van der Waals surface area (Å²) in [6.45, 7) is 6.01. The number of benzene rings is 2. The van der Waals surface area contributed by atoms with E-state index in [2.05, 4.69) is 96.7 Å². The van der Waals surface area contributed by atoms with Gasteiger partial charge in [-0.05, 0) is 52.3 Å². The van der Waals surface area contributed by atoms with Gasteiger partial charge in [-0.3, -0.25) is 4.18 Å². The maximum absolute atomic E-state index is 9.22. The van der Waals surface area contributed by atoms with E-state index < -0.39 is 10.4 Å². The normalized spacial score (nSPS) is 11.7. The first-order valence-electron chi connectivity index (χ1n) is 10.1. The molecule has 0 radical (unpaired) electrons. The van der Waals surface area contributed by atoms with Crippen LogP contribution in [0, 0.1) is 0 Å². The van der Waals surface area contributed by atoms with E-state index in [-0.39, 0.29) is 0 Å². The maximum atomic E-state index is 9.22. The lowest BCUT2D eigenvalue weighted by Gasteiger charge is -2.08. The van der Waals surface area contributed by atoms with Crippen LogP contribution in [0.15, 0.2) is 74.8 Å². The van der Waals surface area contributed by atoms with Gasteiger partial charge in [0.2, 0.25) is 10.4 Å². The van der Waals surface area contributed by atoms with Crippen molar-refractivity contribution in [1.82, 2.24) is 4.57 Å². The van der Waals surface area contributed by atoms with Gasteiger partial charge in [0.15, 0.2) is 0 Å². The van der Waals surface area contributed by atoms with Gasteiger partial charge in [-0.1, -0.05) is 48.5 Å². The molecule has 33 heavy (non-hydrogen) atoms. The van der Waals surface area contributed by atoms with Gasteiger partial charge in [0.1, 0.15) is 15.7 Å². The molecule has 174 valence electrons. The van der Waals surface area contributed by atoms with Crippen LogP contribution in [0.1, 0.15) is 13.8 Å². The minimum absolute atomic E-state index is 0.808. The maximum Gasteiger partial charge on any atom is 0.409 e. The van der Waals surface area contributed by atoms with Gasteiger partial charge in [-0.25, -0.2) is 13.0 Å². The lowest BCUT2D eigenvalue weighted by molar-refractivity contribution is -0.677. The third kappa shape index (κ3) is 6.12. The zero-order valence-electron chi connectivity index (χ0n) is 18.3. The number of aryl methyl sites for hydroxylation is 2. The highest BCUT2D eigenvalue weighted by molar-refractivity contribution is 9.11. The van der Waals surface area contributed by atoms with Crippen molar-refractivity contribution in [1.29, 1.82) is 0 Å². The molecule has 0 bridgehead atoms. The largest absolute Gasteiger partial charge is 0.726 e. The fraction of sp³-hybridized carbons (Fsp3) is 0.227. The Balaban J connectivity index is 0.000000454. The van der Waals surface area contributed by atoms with Gasteiger partial charge in [0, 0.05) is 17.5 Å². The Kier molecular flexibility index (Phi) is 8.49. The molecule has 0 aliphatic carbocycles. The Morgan fingerprint density at radius 2 is 1.73 bits per heavy atom. The molecule has 8 nitrogen and oxygen atoms in total. The van der Waals surface area contributed by atoms with Gasteiger partial charge < -0.3 is 9.12 Å². The van der Waals surface area contributed by atoms with Gasteiger partial charge >= 0.3 is 5.13 Å². The molecule has 0 atom stereocenters. The molecule has 2 aromatic carbocycles. The predicted molar refractivity (Wildman–Crippen MR) is 132 cm³/mol. The molecule has 4 aromatic rings. The molecule has 2 heterocycles. The summed E-state index contributed by atoms with van der Waals surface area (Å²) in [5, 5.41) is 11.4. The van der Waals surface area contributed by atoms with Crippen molar-refractivity contribution in [3.05, 3.63) is 64.6 Å². The van der Waals surface area contributed by atoms with Gasteiger partial charge in [0.05, 0.1) is 30.0 Å². The molecule has 0 saturated heterocycles. The molecule has 0 aliphatic heterocycles. The summed E-state index contributed by atoms with van der Waals surface area (Å²) in [5.41, 5.74) is 4.37. The van der Waals surface area contributed by atoms with Crippen LogP contribution in [0.5, 0.6) is 0 Å². The minimum Gasteiger partial charge on any atom is -0.726 e. The van der Waals surface area contributed by atoms with Crippen molar-refractivity contribution in [2.24, 2.45) is 10.2 Å². The van der Waals surface area contributed by atoms with Crippen LogP contribution in [0.25, 0.3) is 22.2 Å². The predicted octanol–water partition coefficient (Wildman–Crippen LogP) is 5.97. The number of nitrogens with zero attached hydrogens (tertiary/aromatic N) is 4. The first-order valence-corrected chi connectivity index (χ1v) is 13.0. The standard InChI is InChI=1S/C21H20BrN4S.CH4O4S/c1-3-25-14-18(22)27-21(25)24-23-19-16-12-8-9-13-17(16)26(4-2)20(19)15-10-6-5-7-11-15;1-5-6(2,3)4/h5-14H,3-4H2,1-2H3;1H3,(H,2,3,4)/q+1;/p-1. The van der Waals surface area contributed by atoms with E-state index in [1.165, 1.54) is 5.52 Å². The highest BCUT2D eigenvalue weighted by Crippen LogP contribution is 2.41. The number of halogens is 1. The summed E-state index contributed by atoms with van der Waals surface area (Å²) in [4.78, 5) is 0. The van der Waals surface area contributed by atoms with Crippen LogP contribution in [0.3, 0.4) is 0 Å². The van der Waals surface area contributed by atoms with Crippen molar-refractivity contribution in [3.8, 4) is 11.3 Å². The smallest absolute Gasteiger partial charge is 0.409 e. The van der Waals surface area contributed by atoms with E-state index in [4.69, 9.17) is 5.11 Å². The fourth-order valence-electron chi connectivity index (χ4n) is 3.35. The second-order valence-corrected chi connectivity index (χ2v) is 10.2. The fourth-order valence-corrected chi connectivity index (χ4v) is 4.77. The average molecular weight is 551 g/mol. The Morgan fingerprint density at radius 3 is 2.33 bits per heavy atom. The van der Waals surface area contributed by atoms with E-state index >= 15 is 0 Å². The van der Waals surface area contributed by atoms with Crippen LogP contribution in [-0.4, -0.2) is 24.6 Å². The zero-order chi connectivity index (χ0) is 24.0. The highest BCUT2D eigenvalue weighted by Gasteiger charge is 2.20. The van der Waals surface area contributed by atoms with Crippen LogP contribution >= 0.6 is 27.3 Å². The van der Waals surface area contributed by atoms with Crippen LogP contribution in [0.2, 0.25) is 0 Å². The summed E-state index contributed by atoms with van der Waals surface area (Å²) in [7, 11) is -3.60. The Morgan fingerprint density at radius 1 is 1.09 bits per heavy atom. The number of fused-ring (bicyclic) bond motifs is 1. The minimum atomic E-state index is -4.41. The molecular weight excluding hydrogens is 528 g/mol. The van der Waals surface area contributed by atoms with Crippen molar-refractivity contribution >= 4 is 59.4 Å². The van der Waals surface area contributed by atoms with Gasteiger partial charge in [-0.2, -0.15) is 0 Å². The van der Waals surface area contributed by atoms with E-state index in [9.17, 15) is 13.0 Å². The molecular formula is C22H23BrN4O4S2. The van der Waals surface area contributed by atoms with Crippen LogP contribution < -0.4 is 4.57 Å². The van der Waals surface area contributed by atoms with Crippen molar-refractivity contribution in [3.63, 3.8) is 0 Å². The molecule has 4 rings (SSSR count). The molecule has 0 spiro atoms. The summed E-state index contributed by atoms with van der Waals surface area (Å²) in [5.74, 6) is 0. The SMILES string of the molecule is CCn1c(-c2ccccc2)c(N=Nc2sc(Br)c[n+]2CC)c2ccccc21.COS(=O)(=O)[O-]. The topological polar surface area (TPSA) is 100.0 Å². The lowest BCUT2D eigenvalue weighted by atomic mass is 10.1. The Bertz CT molecular complexity index is 1370. The van der Waals surface area contributed by atoms with Gasteiger partial charge in [-0.15, -0.1) is 0 Å². The zero-order valence-corrected chi connectivity index (χ0v) is 21.5. The monoisotopic (exact) mass is 550 g/mol. The van der Waals surface area contributed by atoms with Crippen LogP contribution in [0.4, 0.5) is 10.8 Å². The molecule has 11 heteroatoms. The average Bonchev–Trinajstić information content (AvgIpc) is 3.34. The first-order chi connectivity index (χ1) is 15.8. The molecule has 0 saturated carbocycles. The van der Waals surface area contributed by atoms with E-state index in [0.29, 0.717) is 0 Å². The van der Waals surface area contributed by atoms with Gasteiger partial charge in [0.25, 0.3) is 0 Å². The van der Waals surface area contributed by atoms with E-state index in [1.807, 2.05) is 12.3 Å². The van der Waals surface area contributed by atoms with Crippen LogP contribution in [-0.2, 0) is 27.7 Å². The quantitative estimate of drug-likeness (QED) is 0.128. The molecule has 0 unspecified atom stereocenters. The molecule has 0 aliphatic rings. The highest BCUT2D eigenvalue weighted by atomic mass is 79.9. The number of thiazole rings is 1. The summed E-state index contributed by atoms with van der Waals surface area (Å²) >= 11 is 5.14. The van der Waals surface area contributed by atoms with E-state index in [0.717, 1.165) is 51.4 Å². The summed E-state index contributed by atoms with van der Waals surface area (Å²) in [6, 6.07) is 18.8. The third-order valence-corrected chi connectivity index (χ3v) is 6.68. The molecule has 2 aromatic heterocycles. The second kappa shape index (κ2) is 11.1. The number of rotatable bonds is 6. The van der Waals surface area contributed by atoms with Crippen molar-refractivity contribution < 1.29 is 21.7 Å². The number of hydrogen-bond acceptors (Lipinski definition) is 7. The second-order valence-electron chi connectivity index (χ2n) is 6.70. The number of azo groups is 1. The number of hydrogen-bond donors (Lipinski definition) is 0. The number of para-hydroxylation sites is 1. The Labute approximate surface area is 205 Å².